The number of esters is 1. The summed E-state index contributed by atoms with van der Waals surface area (Å²) >= 11 is 1.38. The van der Waals surface area contributed by atoms with Gasteiger partial charge in [-0.05, 0) is 55.9 Å². The molecule has 0 saturated carbocycles. The normalized spacial score (nSPS) is 15.8. The third kappa shape index (κ3) is 4.24. The predicted molar refractivity (Wildman–Crippen MR) is 105 cm³/mol. The van der Waals surface area contributed by atoms with Gasteiger partial charge in [-0.25, -0.2) is 13.6 Å². The number of benzene rings is 1. The van der Waals surface area contributed by atoms with E-state index in [4.69, 9.17) is 4.74 Å². The van der Waals surface area contributed by atoms with Crippen LogP contribution in [0.25, 0.3) is 0 Å². The molecule has 28 heavy (non-hydrogen) atoms. The maximum atomic E-state index is 13.5. The van der Waals surface area contributed by atoms with E-state index in [0.717, 1.165) is 54.7 Å². The molecule has 0 radical (unpaired) electrons. The standard InChI is InChI=1S/C21H23F2NO3S/c1-3-5-12-6-8-14-17(10-12)28-20(18(14)21(26)27-4-2)24-19(25)13-7-9-15(22)16(23)11-13/h7,9,11-12H,3-6,8,10H2,1-2H3,(H,24,25)/t12-/m0/s1. The van der Waals surface area contributed by atoms with Crippen molar-refractivity contribution in [2.45, 2.75) is 46.0 Å². The van der Waals surface area contributed by atoms with Crippen LogP contribution in [0.3, 0.4) is 0 Å². The van der Waals surface area contributed by atoms with Crippen molar-refractivity contribution in [1.29, 1.82) is 0 Å². The quantitative estimate of drug-likeness (QED) is 0.656. The van der Waals surface area contributed by atoms with Crippen molar-refractivity contribution in [1.82, 2.24) is 0 Å². The van der Waals surface area contributed by atoms with Crippen molar-refractivity contribution in [2.24, 2.45) is 5.92 Å². The molecule has 150 valence electrons. The molecular formula is C21H23F2NO3S. The van der Waals surface area contributed by atoms with Crippen LogP contribution in [0, 0.1) is 17.6 Å². The van der Waals surface area contributed by atoms with Gasteiger partial charge in [-0.3, -0.25) is 4.79 Å². The Kier molecular flexibility index (Phi) is 6.44. The lowest BCUT2D eigenvalue weighted by atomic mass is 9.84. The van der Waals surface area contributed by atoms with Crippen LogP contribution in [-0.2, 0) is 17.6 Å². The van der Waals surface area contributed by atoms with E-state index in [2.05, 4.69) is 12.2 Å². The lowest BCUT2D eigenvalue weighted by Crippen LogP contribution is -2.17. The fourth-order valence-corrected chi connectivity index (χ4v) is 4.97. The van der Waals surface area contributed by atoms with Gasteiger partial charge in [-0.2, -0.15) is 0 Å². The smallest absolute Gasteiger partial charge is 0.341 e. The van der Waals surface area contributed by atoms with E-state index in [9.17, 15) is 18.4 Å². The minimum absolute atomic E-state index is 0.0102. The van der Waals surface area contributed by atoms with E-state index in [1.807, 2.05) is 0 Å². The molecule has 0 spiro atoms. The van der Waals surface area contributed by atoms with Gasteiger partial charge in [0.25, 0.3) is 5.91 Å². The minimum atomic E-state index is -1.09. The highest BCUT2D eigenvalue weighted by Gasteiger charge is 2.30. The molecule has 0 aliphatic heterocycles. The molecular weight excluding hydrogens is 384 g/mol. The fraction of sp³-hybridized carbons (Fsp3) is 0.429. The summed E-state index contributed by atoms with van der Waals surface area (Å²) in [4.78, 5) is 26.2. The first kappa shape index (κ1) is 20.5. The number of amides is 1. The van der Waals surface area contributed by atoms with Crippen molar-refractivity contribution in [3.8, 4) is 0 Å². The Balaban J connectivity index is 1.91. The molecule has 1 N–H and O–H groups in total. The first-order valence-corrected chi connectivity index (χ1v) is 10.3. The van der Waals surface area contributed by atoms with Crippen LogP contribution < -0.4 is 5.32 Å². The first-order valence-electron chi connectivity index (χ1n) is 9.52. The van der Waals surface area contributed by atoms with E-state index in [0.29, 0.717) is 16.5 Å². The largest absolute Gasteiger partial charge is 0.462 e. The highest BCUT2D eigenvalue weighted by Crippen LogP contribution is 2.41. The second-order valence-corrected chi connectivity index (χ2v) is 8.01. The lowest BCUT2D eigenvalue weighted by molar-refractivity contribution is 0.0526. The van der Waals surface area contributed by atoms with Crippen LogP contribution in [0.15, 0.2) is 18.2 Å². The van der Waals surface area contributed by atoms with Crippen LogP contribution in [-0.4, -0.2) is 18.5 Å². The molecule has 1 aliphatic rings. The molecule has 1 heterocycles. The number of fused-ring (bicyclic) bond motifs is 1. The average molecular weight is 407 g/mol. The summed E-state index contributed by atoms with van der Waals surface area (Å²) in [6.45, 7) is 4.12. The summed E-state index contributed by atoms with van der Waals surface area (Å²) in [5.41, 5.74) is 1.33. The maximum Gasteiger partial charge on any atom is 0.341 e. The van der Waals surface area contributed by atoms with Crippen LogP contribution in [0.1, 0.15) is 64.3 Å². The molecule has 1 amide bonds. The van der Waals surface area contributed by atoms with Crippen molar-refractivity contribution in [3.63, 3.8) is 0 Å². The molecule has 4 nitrogen and oxygen atoms in total. The number of nitrogens with one attached hydrogen (secondary N) is 1. The number of hydrogen-bond acceptors (Lipinski definition) is 4. The van der Waals surface area contributed by atoms with E-state index >= 15 is 0 Å². The van der Waals surface area contributed by atoms with Gasteiger partial charge in [-0.1, -0.05) is 19.8 Å². The van der Waals surface area contributed by atoms with E-state index in [-0.39, 0.29) is 12.2 Å². The molecule has 0 bridgehead atoms. The van der Waals surface area contributed by atoms with Gasteiger partial charge in [0, 0.05) is 10.4 Å². The number of thiophene rings is 1. The van der Waals surface area contributed by atoms with E-state index < -0.39 is 23.5 Å². The molecule has 0 saturated heterocycles. The Morgan fingerprint density at radius 2 is 2.04 bits per heavy atom. The highest BCUT2D eigenvalue weighted by molar-refractivity contribution is 7.17. The highest BCUT2D eigenvalue weighted by atomic mass is 32.1. The van der Waals surface area contributed by atoms with Gasteiger partial charge in [-0.15, -0.1) is 11.3 Å². The number of carbonyl (C=O) groups excluding carboxylic acids is 2. The second kappa shape index (κ2) is 8.82. The molecule has 2 aromatic rings. The van der Waals surface area contributed by atoms with Crippen molar-refractivity contribution >= 4 is 28.2 Å². The van der Waals surface area contributed by atoms with E-state index in [1.54, 1.807) is 6.92 Å². The Bertz CT molecular complexity index is 894. The summed E-state index contributed by atoms with van der Waals surface area (Å²) in [5.74, 6) is -2.59. The number of halogens is 2. The topological polar surface area (TPSA) is 55.4 Å². The molecule has 0 fully saturated rings. The first-order chi connectivity index (χ1) is 13.4. The number of anilines is 1. The Labute approximate surface area is 166 Å². The number of ether oxygens (including phenoxy) is 1. The number of hydrogen-bond donors (Lipinski definition) is 1. The summed E-state index contributed by atoms with van der Waals surface area (Å²) in [5, 5.41) is 3.12. The van der Waals surface area contributed by atoms with Crippen LogP contribution in [0.2, 0.25) is 0 Å². The van der Waals surface area contributed by atoms with Crippen LogP contribution in [0.4, 0.5) is 13.8 Å². The SMILES string of the molecule is CCC[C@H]1CCc2c(sc(NC(=O)c3ccc(F)c(F)c3)c2C(=O)OCC)C1. The number of carbonyl (C=O) groups is 2. The Hall–Kier alpha value is -2.28. The van der Waals surface area contributed by atoms with Crippen molar-refractivity contribution < 1.29 is 23.1 Å². The third-order valence-corrected chi connectivity index (χ3v) is 6.12. The van der Waals surface area contributed by atoms with Crippen LogP contribution in [0.5, 0.6) is 0 Å². The zero-order valence-electron chi connectivity index (χ0n) is 15.9. The Morgan fingerprint density at radius 3 is 2.71 bits per heavy atom. The summed E-state index contributed by atoms with van der Waals surface area (Å²) < 4.78 is 31.8. The monoisotopic (exact) mass is 407 g/mol. The third-order valence-electron chi connectivity index (χ3n) is 4.95. The molecule has 7 heteroatoms. The summed E-state index contributed by atoms with van der Waals surface area (Å²) in [6, 6.07) is 2.97. The van der Waals surface area contributed by atoms with Crippen molar-refractivity contribution in [3.05, 3.63) is 51.4 Å². The molecule has 1 atom stereocenters. The van der Waals surface area contributed by atoms with Crippen LogP contribution >= 0.6 is 11.3 Å². The molecule has 1 aromatic heterocycles. The van der Waals surface area contributed by atoms with Gasteiger partial charge in [0.15, 0.2) is 11.6 Å². The molecule has 1 aliphatic carbocycles. The van der Waals surface area contributed by atoms with Gasteiger partial charge >= 0.3 is 5.97 Å². The summed E-state index contributed by atoms with van der Waals surface area (Å²) in [6.07, 6.45) is 4.88. The van der Waals surface area contributed by atoms with E-state index in [1.165, 1.54) is 17.4 Å². The predicted octanol–water partition coefficient (Wildman–Crippen LogP) is 5.36. The fourth-order valence-electron chi connectivity index (χ4n) is 3.63. The average Bonchev–Trinajstić information content (AvgIpc) is 3.01. The zero-order chi connectivity index (χ0) is 20.3. The van der Waals surface area contributed by atoms with Gasteiger partial charge in [0.05, 0.1) is 12.2 Å². The zero-order valence-corrected chi connectivity index (χ0v) is 16.8. The van der Waals surface area contributed by atoms with Crippen molar-refractivity contribution in [2.75, 3.05) is 11.9 Å². The molecule has 3 rings (SSSR count). The van der Waals surface area contributed by atoms with Gasteiger partial charge in [0.2, 0.25) is 0 Å². The number of rotatable bonds is 6. The molecule has 1 aromatic carbocycles. The molecule has 0 unspecified atom stereocenters. The van der Waals surface area contributed by atoms with Gasteiger partial charge < -0.3 is 10.1 Å². The maximum absolute atomic E-state index is 13.5. The second-order valence-electron chi connectivity index (χ2n) is 6.91. The Morgan fingerprint density at radius 1 is 1.25 bits per heavy atom. The van der Waals surface area contributed by atoms with Gasteiger partial charge in [0.1, 0.15) is 5.00 Å². The minimum Gasteiger partial charge on any atom is -0.462 e. The lowest BCUT2D eigenvalue weighted by Gasteiger charge is -2.21. The summed E-state index contributed by atoms with van der Waals surface area (Å²) in [7, 11) is 0.